The van der Waals surface area contributed by atoms with Crippen molar-refractivity contribution in [2.75, 3.05) is 31.2 Å². The van der Waals surface area contributed by atoms with Gasteiger partial charge in [0.15, 0.2) is 0 Å². The molecule has 1 saturated heterocycles. The molecule has 1 fully saturated rings. The van der Waals surface area contributed by atoms with Crippen LogP contribution in [0.1, 0.15) is 15.9 Å². The average Bonchev–Trinajstić information content (AvgIpc) is 3.34. The van der Waals surface area contributed by atoms with Crippen LogP contribution in [0.3, 0.4) is 0 Å². The van der Waals surface area contributed by atoms with E-state index in [1.165, 1.54) is 12.3 Å². The van der Waals surface area contributed by atoms with E-state index in [2.05, 4.69) is 10.5 Å². The van der Waals surface area contributed by atoms with Gasteiger partial charge in [0.05, 0.1) is 35.6 Å². The van der Waals surface area contributed by atoms with E-state index in [4.69, 9.17) is 4.74 Å². The number of nitro benzene ring substituents is 1. The van der Waals surface area contributed by atoms with Crippen LogP contribution in [0.25, 0.3) is 5.69 Å². The molecule has 0 spiro atoms. The Bertz CT molecular complexity index is 1100. The van der Waals surface area contributed by atoms with Crippen LogP contribution in [-0.2, 0) is 4.74 Å². The number of hydrazone groups is 1. The van der Waals surface area contributed by atoms with Gasteiger partial charge >= 0.3 is 0 Å². The molecule has 0 aliphatic carbocycles. The second kappa shape index (κ2) is 9.23. The van der Waals surface area contributed by atoms with Crippen LogP contribution in [0.4, 0.5) is 11.4 Å². The van der Waals surface area contributed by atoms with Crippen molar-refractivity contribution in [1.82, 2.24) is 9.99 Å². The van der Waals surface area contributed by atoms with Gasteiger partial charge in [-0.25, -0.2) is 5.43 Å². The molecule has 0 bridgehead atoms. The number of aromatic nitrogens is 1. The third-order valence-electron chi connectivity index (χ3n) is 4.96. The quantitative estimate of drug-likeness (QED) is 0.376. The molecule has 31 heavy (non-hydrogen) atoms. The fourth-order valence-electron chi connectivity index (χ4n) is 3.45. The van der Waals surface area contributed by atoms with Gasteiger partial charge in [0, 0.05) is 37.1 Å². The van der Waals surface area contributed by atoms with Crippen molar-refractivity contribution in [3.63, 3.8) is 0 Å². The maximum absolute atomic E-state index is 12.6. The van der Waals surface area contributed by atoms with Crippen LogP contribution in [0.2, 0.25) is 0 Å². The molecule has 4 rings (SSSR count). The number of amides is 1. The summed E-state index contributed by atoms with van der Waals surface area (Å²) in [7, 11) is 0. The predicted molar refractivity (Wildman–Crippen MR) is 117 cm³/mol. The fourth-order valence-corrected chi connectivity index (χ4v) is 3.45. The van der Waals surface area contributed by atoms with Crippen molar-refractivity contribution < 1.29 is 14.5 Å². The standard InChI is InChI=1S/C22H21N5O4/c28-22(18-5-1-2-6-19(18)25-9-3-4-10-25)24-23-16-17-7-8-20(21(15-17)27(29)30)26-11-13-31-14-12-26/h1-10,15-16H,11-14H2,(H,24,28)/b23-16+. The van der Waals surface area contributed by atoms with E-state index in [1.807, 2.05) is 46.1 Å². The number of nitrogens with one attached hydrogen (secondary N) is 1. The van der Waals surface area contributed by atoms with Crippen molar-refractivity contribution in [2.24, 2.45) is 5.10 Å². The summed E-state index contributed by atoms with van der Waals surface area (Å²) in [5.74, 6) is -0.375. The number of para-hydroxylation sites is 1. The number of nitro groups is 1. The highest BCUT2D eigenvalue weighted by molar-refractivity contribution is 5.98. The Hall–Kier alpha value is -3.98. The molecular weight excluding hydrogens is 398 g/mol. The third-order valence-corrected chi connectivity index (χ3v) is 4.96. The van der Waals surface area contributed by atoms with Gasteiger partial charge in [-0.1, -0.05) is 18.2 Å². The van der Waals surface area contributed by atoms with Gasteiger partial charge in [-0.3, -0.25) is 14.9 Å². The summed E-state index contributed by atoms with van der Waals surface area (Å²) >= 11 is 0. The van der Waals surface area contributed by atoms with E-state index in [1.54, 1.807) is 24.3 Å². The Morgan fingerprint density at radius 1 is 1.06 bits per heavy atom. The molecule has 1 aromatic heterocycles. The van der Waals surface area contributed by atoms with Crippen LogP contribution in [-0.4, -0.2) is 47.9 Å². The molecule has 0 saturated carbocycles. The molecule has 1 aliphatic heterocycles. The van der Waals surface area contributed by atoms with Crippen LogP contribution in [0.15, 0.2) is 72.1 Å². The first-order chi connectivity index (χ1) is 15.1. The minimum atomic E-state index is -0.409. The number of rotatable bonds is 6. The van der Waals surface area contributed by atoms with Crippen LogP contribution < -0.4 is 10.3 Å². The first-order valence-electron chi connectivity index (χ1n) is 9.80. The molecule has 158 valence electrons. The van der Waals surface area contributed by atoms with Gasteiger partial charge in [0.2, 0.25) is 0 Å². The normalized spacial score (nSPS) is 14.0. The van der Waals surface area contributed by atoms with Gasteiger partial charge in [-0.2, -0.15) is 5.10 Å². The van der Waals surface area contributed by atoms with Gasteiger partial charge in [-0.15, -0.1) is 0 Å². The maximum atomic E-state index is 12.6. The van der Waals surface area contributed by atoms with Crippen molar-refractivity contribution in [3.05, 3.63) is 88.2 Å². The number of nitrogens with zero attached hydrogens (tertiary/aromatic N) is 4. The zero-order valence-corrected chi connectivity index (χ0v) is 16.7. The van der Waals surface area contributed by atoms with E-state index >= 15 is 0 Å². The van der Waals surface area contributed by atoms with Crippen molar-refractivity contribution in [2.45, 2.75) is 0 Å². The summed E-state index contributed by atoms with van der Waals surface area (Å²) < 4.78 is 7.15. The van der Waals surface area contributed by atoms with Gasteiger partial charge in [0.25, 0.3) is 11.6 Å². The number of anilines is 1. The molecule has 0 unspecified atom stereocenters. The minimum Gasteiger partial charge on any atom is -0.378 e. The summed E-state index contributed by atoms with van der Waals surface area (Å²) in [6, 6.07) is 15.8. The summed E-state index contributed by atoms with van der Waals surface area (Å²) in [5.41, 5.74) is 4.75. The van der Waals surface area contributed by atoms with Crippen molar-refractivity contribution >= 4 is 23.5 Å². The summed E-state index contributed by atoms with van der Waals surface area (Å²) in [6.45, 7) is 2.28. The summed E-state index contributed by atoms with van der Waals surface area (Å²) in [5, 5.41) is 15.6. The Kier molecular flexibility index (Phi) is 6.04. The first-order valence-corrected chi connectivity index (χ1v) is 9.80. The number of hydrogen-bond donors (Lipinski definition) is 1. The zero-order chi connectivity index (χ0) is 21.6. The Labute approximate surface area is 178 Å². The summed E-state index contributed by atoms with van der Waals surface area (Å²) in [6.07, 6.45) is 5.10. The van der Waals surface area contributed by atoms with E-state index in [-0.39, 0.29) is 11.6 Å². The van der Waals surface area contributed by atoms with Crippen molar-refractivity contribution in [3.8, 4) is 5.69 Å². The fraction of sp³-hybridized carbons (Fsp3) is 0.182. The second-order valence-corrected chi connectivity index (χ2v) is 6.91. The third kappa shape index (κ3) is 4.62. The Morgan fingerprint density at radius 3 is 2.55 bits per heavy atom. The lowest BCUT2D eigenvalue weighted by Gasteiger charge is -2.28. The van der Waals surface area contributed by atoms with Gasteiger partial charge < -0.3 is 14.2 Å². The zero-order valence-electron chi connectivity index (χ0n) is 16.7. The van der Waals surface area contributed by atoms with E-state index in [0.717, 1.165) is 5.69 Å². The SMILES string of the molecule is O=C(N/N=C/c1ccc(N2CCOCC2)c([N+](=O)[O-])c1)c1ccccc1-n1cccc1. The maximum Gasteiger partial charge on any atom is 0.293 e. The number of carbonyl (C=O) groups excluding carboxylic acids is 1. The lowest BCUT2D eigenvalue weighted by Crippen LogP contribution is -2.36. The molecule has 3 aromatic rings. The highest BCUT2D eigenvalue weighted by Gasteiger charge is 2.21. The number of hydrogen-bond acceptors (Lipinski definition) is 6. The van der Waals surface area contributed by atoms with E-state index in [9.17, 15) is 14.9 Å². The highest BCUT2D eigenvalue weighted by Crippen LogP contribution is 2.29. The number of carbonyl (C=O) groups is 1. The minimum absolute atomic E-state index is 0.00451. The molecule has 2 heterocycles. The lowest BCUT2D eigenvalue weighted by molar-refractivity contribution is -0.384. The second-order valence-electron chi connectivity index (χ2n) is 6.91. The van der Waals surface area contributed by atoms with Crippen LogP contribution in [0, 0.1) is 10.1 Å². The first kappa shape index (κ1) is 20.3. The predicted octanol–water partition coefficient (Wildman–Crippen LogP) is 2.99. The topological polar surface area (TPSA) is 102 Å². The lowest BCUT2D eigenvalue weighted by atomic mass is 10.1. The molecular formula is C22H21N5O4. The highest BCUT2D eigenvalue weighted by atomic mass is 16.6. The monoisotopic (exact) mass is 419 g/mol. The molecule has 2 aromatic carbocycles. The molecule has 1 amide bonds. The van der Waals surface area contributed by atoms with Gasteiger partial charge in [-0.05, 0) is 30.3 Å². The molecule has 9 heteroatoms. The number of ether oxygens (including phenoxy) is 1. The van der Waals surface area contributed by atoms with Gasteiger partial charge in [0.1, 0.15) is 5.69 Å². The molecule has 1 N–H and O–H groups in total. The molecule has 9 nitrogen and oxygen atoms in total. The molecule has 0 radical (unpaired) electrons. The summed E-state index contributed by atoms with van der Waals surface area (Å²) in [4.78, 5) is 25.7. The largest absolute Gasteiger partial charge is 0.378 e. The smallest absolute Gasteiger partial charge is 0.293 e. The Balaban J connectivity index is 1.50. The van der Waals surface area contributed by atoms with E-state index in [0.29, 0.717) is 43.1 Å². The molecule has 0 atom stereocenters. The number of morpholine rings is 1. The Morgan fingerprint density at radius 2 is 1.81 bits per heavy atom. The van der Waals surface area contributed by atoms with Crippen LogP contribution >= 0.6 is 0 Å². The number of benzene rings is 2. The molecule has 1 aliphatic rings. The van der Waals surface area contributed by atoms with E-state index < -0.39 is 4.92 Å². The van der Waals surface area contributed by atoms with Crippen molar-refractivity contribution in [1.29, 1.82) is 0 Å². The average molecular weight is 419 g/mol. The van der Waals surface area contributed by atoms with Crippen LogP contribution in [0.5, 0.6) is 0 Å².